The second-order valence-electron chi connectivity index (χ2n) is 9.96. The molecule has 3 aliphatic rings. The molecule has 0 saturated carbocycles. The maximum atomic E-state index is 13.1. The van der Waals surface area contributed by atoms with Gasteiger partial charge in [-0.1, -0.05) is 24.3 Å². The Labute approximate surface area is 185 Å². The fourth-order valence-electron chi connectivity index (χ4n) is 6.03. The number of carbonyl (C=O) groups is 1. The van der Waals surface area contributed by atoms with E-state index in [-0.39, 0.29) is 5.41 Å². The molecule has 5 rings (SSSR count). The maximum Gasteiger partial charge on any atom is 0.223 e. The van der Waals surface area contributed by atoms with E-state index in [1.165, 1.54) is 29.5 Å². The van der Waals surface area contributed by atoms with E-state index in [2.05, 4.69) is 57.3 Å². The van der Waals surface area contributed by atoms with Gasteiger partial charge in [-0.05, 0) is 61.9 Å². The zero-order chi connectivity index (χ0) is 21.4. The summed E-state index contributed by atoms with van der Waals surface area (Å²) < 4.78 is 1.88. The monoisotopic (exact) mass is 421 g/mol. The zero-order valence-corrected chi connectivity index (χ0v) is 19.0. The zero-order valence-electron chi connectivity index (χ0n) is 19.0. The molecular weight excluding hydrogens is 386 g/mol. The first-order chi connectivity index (χ1) is 15.0. The highest BCUT2D eigenvalue weighted by molar-refractivity contribution is 5.77. The number of aryl methyl sites for hydroxylation is 1. The number of hydrogen-bond acceptors (Lipinski definition) is 4. The highest BCUT2D eigenvalue weighted by Gasteiger charge is 2.45. The Bertz CT molecular complexity index is 921. The van der Waals surface area contributed by atoms with Crippen molar-refractivity contribution in [3.63, 3.8) is 0 Å². The molecule has 0 radical (unpaired) electrons. The van der Waals surface area contributed by atoms with Gasteiger partial charge >= 0.3 is 0 Å². The van der Waals surface area contributed by atoms with Crippen molar-refractivity contribution in [1.29, 1.82) is 0 Å². The van der Waals surface area contributed by atoms with Gasteiger partial charge in [-0.3, -0.25) is 14.4 Å². The standard InChI is InChI=1S/C25H35N5O/c1-27-11-13-30(14-12-27)24(31)15-21-16-25(23-6-4-3-5-22(21)23)7-9-29(10-8-25)19-20-17-26-28(2)18-20/h3-6,17-18,21H,7-16,19H2,1-2H3. The second kappa shape index (κ2) is 8.40. The van der Waals surface area contributed by atoms with E-state index in [0.29, 0.717) is 18.2 Å². The summed E-state index contributed by atoms with van der Waals surface area (Å²) in [7, 11) is 4.12. The second-order valence-corrected chi connectivity index (χ2v) is 9.96. The van der Waals surface area contributed by atoms with Crippen molar-refractivity contribution in [2.24, 2.45) is 7.05 Å². The number of piperidine rings is 1. The predicted molar refractivity (Wildman–Crippen MR) is 122 cm³/mol. The summed E-state index contributed by atoms with van der Waals surface area (Å²) in [4.78, 5) is 20.0. The highest BCUT2D eigenvalue weighted by Crippen LogP contribution is 2.52. The van der Waals surface area contributed by atoms with E-state index in [4.69, 9.17) is 0 Å². The molecule has 0 N–H and O–H groups in total. The molecule has 2 aromatic rings. The average molecular weight is 422 g/mol. The lowest BCUT2D eigenvalue weighted by Crippen LogP contribution is -2.47. The summed E-state index contributed by atoms with van der Waals surface area (Å²) in [5.74, 6) is 0.715. The number of fused-ring (bicyclic) bond motifs is 2. The van der Waals surface area contributed by atoms with Gasteiger partial charge in [0.2, 0.25) is 5.91 Å². The average Bonchev–Trinajstić information content (AvgIpc) is 3.32. The Morgan fingerprint density at radius 2 is 1.81 bits per heavy atom. The Balaban J connectivity index is 1.26. The molecule has 166 valence electrons. The van der Waals surface area contributed by atoms with Crippen LogP contribution in [0.5, 0.6) is 0 Å². The van der Waals surface area contributed by atoms with Crippen LogP contribution in [0.15, 0.2) is 36.7 Å². The van der Waals surface area contributed by atoms with Crippen molar-refractivity contribution in [2.45, 2.75) is 43.6 Å². The third-order valence-corrected chi connectivity index (χ3v) is 7.86. The van der Waals surface area contributed by atoms with Crippen LogP contribution < -0.4 is 0 Å². The SMILES string of the molecule is CN1CCN(C(=O)CC2CC3(CCN(Cc4cnn(C)c4)CC3)c3ccccc32)CC1. The van der Waals surface area contributed by atoms with Crippen molar-refractivity contribution < 1.29 is 4.79 Å². The predicted octanol–water partition coefficient (Wildman–Crippen LogP) is 2.61. The number of likely N-dealkylation sites (N-methyl/N-ethyl adjacent to an activating group) is 1. The molecule has 1 aliphatic carbocycles. The van der Waals surface area contributed by atoms with Crippen LogP contribution in [-0.4, -0.2) is 76.7 Å². The third kappa shape index (κ3) is 4.15. The topological polar surface area (TPSA) is 44.6 Å². The number of piperazine rings is 1. The summed E-state index contributed by atoms with van der Waals surface area (Å²) in [5.41, 5.74) is 4.49. The lowest BCUT2D eigenvalue weighted by molar-refractivity contribution is -0.133. The van der Waals surface area contributed by atoms with Crippen molar-refractivity contribution in [2.75, 3.05) is 46.3 Å². The molecule has 1 unspecified atom stereocenters. The Hall–Kier alpha value is -2.18. The fraction of sp³-hybridized carbons (Fsp3) is 0.600. The summed E-state index contributed by atoms with van der Waals surface area (Å²) in [6.45, 7) is 6.94. The molecule has 1 amide bonds. The molecule has 2 saturated heterocycles. The van der Waals surface area contributed by atoms with Gasteiger partial charge in [-0.2, -0.15) is 5.10 Å². The van der Waals surface area contributed by atoms with E-state index < -0.39 is 0 Å². The first kappa shape index (κ1) is 20.7. The molecule has 2 fully saturated rings. The molecule has 2 aliphatic heterocycles. The number of likely N-dealkylation sites (tertiary alicyclic amines) is 1. The minimum atomic E-state index is 0.245. The summed E-state index contributed by atoms with van der Waals surface area (Å²) >= 11 is 0. The normalized spacial score (nSPS) is 23.9. The van der Waals surface area contributed by atoms with E-state index >= 15 is 0 Å². The molecule has 6 heteroatoms. The van der Waals surface area contributed by atoms with Crippen LogP contribution >= 0.6 is 0 Å². The van der Waals surface area contributed by atoms with Crippen molar-refractivity contribution >= 4 is 5.91 Å². The molecule has 6 nitrogen and oxygen atoms in total. The lowest BCUT2D eigenvalue weighted by atomic mass is 9.73. The quantitative estimate of drug-likeness (QED) is 0.761. The highest BCUT2D eigenvalue weighted by atomic mass is 16.2. The number of nitrogens with zero attached hydrogens (tertiary/aromatic N) is 5. The molecule has 1 spiro atoms. The van der Waals surface area contributed by atoms with Gasteiger partial charge in [0.1, 0.15) is 0 Å². The van der Waals surface area contributed by atoms with Gasteiger partial charge in [-0.15, -0.1) is 0 Å². The number of hydrogen-bond donors (Lipinski definition) is 0. The van der Waals surface area contributed by atoms with E-state index in [0.717, 1.165) is 52.2 Å². The lowest BCUT2D eigenvalue weighted by Gasteiger charge is -2.40. The molecule has 3 heterocycles. The first-order valence-corrected chi connectivity index (χ1v) is 11.8. The molecule has 1 aromatic heterocycles. The molecule has 0 bridgehead atoms. The minimum absolute atomic E-state index is 0.245. The number of rotatable bonds is 4. The van der Waals surface area contributed by atoms with Gasteiger partial charge in [0.15, 0.2) is 0 Å². The van der Waals surface area contributed by atoms with Crippen LogP contribution in [0.3, 0.4) is 0 Å². The van der Waals surface area contributed by atoms with Crippen LogP contribution in [0.2, 0.25) is 0 Å². The smallest absolute Gasteiger partial charge is 0.223 e. The Kier molecular flexibility index (Phi) is 5.61. The summed E-state index contributed by atoms with van der Waals surface area (Å²) in [6, 6.07) is 8.97. The van der Waals surface area contributed by atoms with Gasteiger partial charge in [-0.25, -0.2) is 0 Å². The number of carbonyl (C=O) groups excluding carboxylic acids is 1. The van der Waals surface area contributed by atoms with Crippen molar-refractivity contribution in [1.82, 2.24) is 24.5 Å². The number of aromatic nitrogens is 2. The molecule has 1 atom stereocenters. The van der Waals surface area contributed by atoms with Gasteiger partial charge in [0.25, 0.3) is 0 Å². The van der Waals surface area contributed by atoms with Gasteiger partial charge in [0.05, 0.1) is 6.20 Å². The van der Waals surface area contributed by atoms with Crippen LogP contribution in [0.25, 0.3) is 0 Å². The Morgan fingerprint density at radius 1 is 1.06 bits per heavy atom. The fourth-order valence-corrected chi connectivity index (χ4v) is 6.03. The van der Waals surface area contributed by atoms with Crippen LogP contribution in [-0.2, 0) is 23.8 Å². The van der Waals surface area contributed by atoms with E-state index in [9.17, 15) is 4.79 Å². The summed E-state index contributed by atoms with van der Waals surface area (Å²) in [6.07, 6.45) is 8.27. The third-order valence-electron chi connectivity index (χ3n) is 7.86. The summed E-state index contributed by atoms with van der Waals surface area (Å²) in [5, 5.41) is 4.31. The van der Waals surface area contributed by atoms with E-state index in [1.54, 1.807) is 0 Å². The first-order valence-electron chi connectivity index (χ1n) is 11.8. The van der Waals surface area contributed by atoms with Crippen molar-refractivity contribution in [3.05, 3.63) is 53.3 Å². The van der Waals surface area contributed by atoms with Crippen LogP contribution in [0.1, 0.15) is 48.3 Å². The van der Waals surface area contributed by atoms with Crippen LogP contribution in [0, 0.1) is 0 Å². The van der Waals surface area contributed by atoms with Crippen LogP contribution in [0.4, 0.5) is 0 Å². The minimum Gasteiger partial charge on any atom is -0.340 e. The van der Waals surface area contributed by atoms with E-state index in [1.807, 2.05) is 17.9 Å². The maximum absolute atomic E-state index is 13.1. The number of amides is 1. The largest absolute Gasteiger partial charge is 0.340 e. The van der Waals surface area contributed by atoms with Gasteiger partial charge < -0.3 is 9.80 Å². The van der Waals surface area contributed by atoms with Gasteiger partial charge in [0, 0.05) is 58.0 Å². The molecular formula is C25H35N5O. The molecule has 1 aromatic carbocycles. The number of benzene rings is 1. The molecule has 31 heavy (non-hydrogen) atoms. The Morgan fingerprint density at radius 3 is 2.52 bits per heavy atom. The van der Waals surface area contributed by atoms with Crippen molar-refractivity contribution in [3.8, 4) is 0 Å².